The quantitative estimate of drug-likeness (QED) is 0.621. The fourth-order valence-corrected chi connectivity index (χ4v) is 2.36. The Hall–Kier alpha value is -0.900. The summed E-state index contributed by atoms with van der Waals surface area (Å²) in [5.74, 6) is 5.65. The molecule has 0 spiro atoms. The zero-order chi connectivity index (χ0) is 12.1. The lowest BCUT2D eigenvalue weighted by molar-refractivity contribution is 0.00502. The van der Waals surface area contributed by atoms with Gasteiger partial charge in [-0.3, -0.25) is 11.3 Å². The molecule has 0 amide bonds. The van der Waals surface area contributed by atoms with Crippen molar-refractivity contribution in [2.24, 2.45) is 5.84 Å². The number of hydrazine groups is 1. The van der Waals surface area contributed by atoms with E-state index in [0.717, 1.165) is 19.4 Å². The van der Waals surface area contributed by atoms with Crippen LogP contribution in [0.1, 0.15) is 42.9 Å². The lowest BCUT2D eigenvalue weighted by Gasteiger charge is -2.27. The van der Waals surface area contributed by atoms with E-state index in [1.54, 1.807) is 0 Å². The number of aryl methyl sites for hydroxylation is 1. The summed E-state index contributed by atoms with van der Waals surface area (Å²) in [6.45, 7) is 2.99. The highest BCUT2D eigenvalue weighted by Gasteiger charge is 2.19. The normalized spacial score (nSPS) is 22.4. The van der Waals surface area contributed by atoms with Crippen molar-refractivity contribution in [3.8, 4) is 0 Å². The highest BCUT2D eigenvalue weighted by molar-refractivity contribution is 5.24. The molecule has 2 rings (SSSR count). The van der Waals surface area contributed by atoms with Crippen molar-refractivity contribution in [3.05, 3.63) is 35.4 Å². The third-order valence-electron chi connectivity index (χ3n) is 3.45. The van der Waals surface area contributed by atoms with Crippen LogP contribution in [0, 0.1) is 6.92 Å². The van der Waals surface area contributed by atoms with Crippen LogP contribution >= 0.6 is 0 Å². The first-order chi connectivity index (χ1) is 8.29. The Morgan fingerprint density at radius 3 is 2.71 bits per heavy atom. The van der Waals surface area contributed by atoms with E-state index in [-0.39, 0.29) is 6.04 Å². The maximum Gasteiger partial charge on any atom is 0.0593 e. The monoisotopic (exact) mass is 234 g/mol. The molecular formula is C14H22N2O. The van der Waals surface area contributed by atoms with Gasteiger partial charge in [0.25, 0.3) is 0 Å². The number of hydrogen-bond donors (Lipinski definition) is 2. The Morgan fingerprint density at radius 1 is 1.35 bits per heavy atom. The number of rotatable bonds is 4. The molecule has 0 bridgehead atoms. The summed E-state index contributed by atoms with van der Waals surface area (Å²) in [4.78, 5) is 0. The molecule has 2 unspecified atom stereocenters. The zero-order valence-electron chi connectivity index (χ0n) is 10.5. The van der Waals surface area contributed by atoms with Gasteiger partial charge in [-0.15, -0.1) is 0 Å². The molecule has 0 aliphatic carbocycles. The van der Waals surface area contributed by atoms with E-state index >= 15 is 0 Å². The van der Waals surface area contributed by atoms with E-state index in [1.807, 2.05) is 0 Å². The van der Waals surface area contributed by atoms with Gasteiger partial charge in [0.1, 0.15) is 0 Å². The van der Waals surface area contributed by atoms with Gasteiger partial charge in [0, 0.05) is 12.6 Å². The van der Waals surface area contributed by atoms with Crippen molar-refractivity contribution >= 4 is 0 Å². The molecule has 0 radical (unpaired) electrons. The van der Waals surface area contributed by atoms with Crippen LogP contribution in [0.25, 0.3) is 0 Å². The third-order valence-corrected chi connectivity index (χ3v) is 3.45. The molecule has 3 N–H and O–H groups in total. The Morgan fingerprint density at radius 2 is 2.12 bits per heavy atom. The van der Waals surface area contributed by atoms with Crippen molar-refractivity contribution in [2.45, 2.75) is 44.8 Å². The summed E-state index contributed by atoms with van der Waals surface area (Å²) in [6, 6.07) is 8.73. The highest BCUT2D eigenvalue weighted by Crippen LogP contribution is 2.24. The first-order valence-corrected chi connectivity index (χ1v) is 6.44. The van der Waals surface area contributed by atoms with E-state index in [9.17, 15) is 0 Å². The number of nitrogens with one attached hydrogen (secondary N) is 1. The van der Waals surface area contributed by atoms with Crippen molar-refractivity contribution < 1.29 is 4.74 Å². The molecule has 1 heterocycles. The highest BCUT2D eigenvalue weighted by atomic mass is 16.5. The van der Waals surface area contributed by atoms with Gasteiger partial charge in [-0.2, -0.15) is 0 Å². The van der Waals surface area contributed by atoms with Gasteiger partial charge in [-0.05, 0) is 38.2 Å². The minimum atomic E-state index is 0.193. The predicted octanol–water partition coefficient (Wildman–Crippen LogP) is 2.46. The van der Waals surface area contributed by atoms with Crippen LogP contribution in [0.3, 0.4) is 0 Å². The molecule has 1 aromatic carbocycles. The lowest BCUT2D eigenvalue weighted by atomic mass is 9.96. The zero-order valence-corrected chi connectivity index (χ0v) is 10.5. The number of hydrogen-bond acceptors (Lipinski definition) is 3. The van der Waals surface area contributed by atoms with Gasteiger partial charge in [0.05, 0.1) is 6.10 Å². The first kappa shape index (κ1) is 12.6. The van der Waals surface area contributed by atoms with E-state index in [4.69, 9.17) is 10.6 Å². The summed E-state index contributed by atoms with van der Waals surface area (Å²) in [6.07, 6.45) is 4.94. The second kappa shape index (κ2) is 6.15. The molecule has 3 nitrogen and oxygen atoms in total. The minimum Gasteiger partial charge on any atom is -0.378 e. The largest absolute Gasteiger partial charge is 0.378 e. The molecule has 1 aliphatic heterocycles. The van der Waals surface area contributed by atoms with Crippen LogP contribution in [0.4, 0.5) is 0 Å². The maximum atomic E-state index is 5.76. The van der Waals surface area contributed by atoms with E-state index < -0.39 is 0 Å². The van der Waals surface area contributed by atoms with E-state index in [2.05, 4.69) is 36.6 Å². The smallest absolute Gasteiger partial charge is 0.0593 e. The molecule has 1 saturated heterocycles. The summed E-state index contributed by atoms with van der Waals surface area (Å²) in [5, 5.41) is 0. The third kappa shape index (κ3) is 3.53. The van der Waals surface area contributed by atoms with Crippen molar-refractivity contribution in [1.82, 2.24) is 5.43 Å². The first-order valence-electron chi connectivity index (χ1n) is 6.44. The van der Waals surface area contributed by atoms with E-state index in [0.29, 0.717) is 6.10 Å². The van der Waals surface area contributed by atoms with Gasteiger partial charge in [0.15, 0.2) is 0 Å². The van der Waals surface area contributed by atoms with Gasteiger partial charge < -0.3 is 4.74 Å². The summed E-state index contributed by atoms with van der Waals surface area (Å²) < 4.78 is 5.76. The van der Waals surface area contributed by atoms with Crippen molar-refractivity contribution in [1.29, 1.82) is 0 Å². The average molecular weight is 234 g/mol. The molecular weight excluding hydrogens is 212 g/mol. The van der Waals surface area contributed by atoms with Crippen molar-refractivity contribution in [2.75, 3.05) is 6.61 Å². The Balaban J connectivity index is 1.97. The average Bonchev–Trinajstić information content (AvgIpc) is 2.38. The van der Waals surface area contributed by atoms with Gasteiger partial charge in [-0.1, -0.05) is 29.8 Å². The maximum absolute atomic E-state index is 5.76. The molecule has 94 valence electrons. The van der Waals surface area contributed by atoms with Crippen LogP contribution in [-0.2, 0) is 4.74 Å². The topological polar surface area (TPSA) is 47.3 Å². The molecule has 0 saturated carbocycles. The molecule has 2 atom stereocenters. The van der Waals surface area contributed by atoms with Gasteiger partial charge >= 0.3 is 0 Å². The van der Waals surface area contributed by atoms with Crippen LogP contribution < -0.4 is 11.3 Å². The summed E-state index contributed by atoms with van der Waals surface area (Å²) in [5.41, 5.74) is 5.42. The Kier molecular flexibility index (Phi) is 4.54. The van der Waals surface area contributed by atoms with Crippen LogP contribution in [0.2, 0.25) is 0 Å². The number of nitrogens with two attached hydrogens (primary N) is 1. The van der Waals surface area contributed by atoms with Crippen LogP contribution in [-0.4, -0.2) is 12.7 Å². The SMILES string of the molecule is Cc1ccc(C(CC2CCCCO2)NN)cc1. The lowest BCUT2D eigenvalue weighted by Crippen LogP contribution is -2.32. The molecule has 17 heavy (non-hydrogen) atoms. The second-order valence-electron chi connectivity index (χ2n) is 4.85. The standard InChI is InChI=1S/C14H22N2O/c1-11-5-7-12(8-6-11)14(16-15)10-13-4-2-3-9-17-13/h5-8,13-14,16H,2-4,9-10,15H2,1H3. The fourth-order valence-electron chi connectivity index (χ4n) is 2.36. The molecule has 1 aromatic rings. The molecule has 0 aromatic heterocycles. The minimum absolute atomic E-state index is 0.193. The molecule has 3 heteroatoms. The fraction of sp³-hybridized carbons (Fsp3) is 0.571. The van der Waals surface area contributed by atoms with Gasteiger partial charge in [0.2, 0.25) is 0 Å². The van der Waals surface area contributed by atoms with Gasteiger partial charge in [-0.25, -0.2) is 0 Å². The van der Waals surface area contributed by atoms with Crippen molar-refractivity contribution in [3.63, 3.8) is 0 Å². The Bertz CT molecular complexity index is 331. The summed E-state index contributed by atoms with van der Waals surface area (Å²) >= 11 is 0. The van der Waals surface area contributed by atoms with E-state index in [1.165, 1.54) is 24.0 Å². The number of ether oxygens (including phenoxy) is 1. The number of benzene rings is 1. The summed E-state index contributed by atoms with van der Waals surface area (Å²) in [7, 11) is 0. The second-order valence-corrected chi connectivity index (χ2v) is 4.85. The van der Waals surface area contributed by atoms with Crippen LogP contribution in [0.5, 0.6) is 0 Å². The molecule has 1 fully saturated rings. The molecule has 1 aliphatic rings. The predicted molar refractivity (Wildman–Crippen MR) is 69.5 cm³/mol. The Labute approximate surface area is 103 Å². The van der Waals surface area contributed by atoms with Crippen LogP contribution in [0.15, 0.2) is 24.3 Å².